The molecule has 0 bridgehead atoms. The van der Waals surface area contributed by atoms with Crippen LogP contribution in [0.2, 0.25) is 0 Å². The average Bonchev–Trinajstić information content (AvgIpc) is 2.36. The van der Waals surface area contributed by atoms with Crippen LogP contribution in [0.25, 0.3) is 0 Å². The van der Waals surface area contributed by atoms with Gasteiger partial charge in [0.15, 0.2) is 0 Å². The molecule has 5 heteroatoms. The maximum absolute atomic E-state index is 12.7. The smallest absolute Gasteiger partial charge is 0.243 e. The van der Waals surface area contributed by atoms with Gasteiger partial charge in [-0.15, -0.1) is 0 Å². The van der Waals surface area contributed by atoms with Gasteiger partial charge in [0.05, 0.1) is 11.5 Å². The molecule has 0 saturated carbocycles. The highest BCUT2D eigenvalue weighted by Crippen LogP contribution is 2.24. The van der Waals surface area contributed by atoms with Crippen molar-refractivity contribution in [2.45, 2.75) is 51.7 Å². The van der Waals surface area contributed by atoms with Crippen LogP contribution in [0.15, 0.2) is 23.1 Å². The number of aliphatic hydroxyl groups excluding tert-OH is 1. The predicted molar refractivity (Wildman–Crippen MR) is 81.0 cm³/mol. The molecule has 0 aliphatic carbocycles. The predicted octanol–water partition coefficient (Wildman–Crippen LogP) is 2.54. The Bertz CT molecular complexity index is 552. The second-order valence-corrected chi connectivity index (χ2v) is 7.66. The van der Waals surface area contributed by atoms with E-state index in [9.17, 15) is 13.5 Å². The lowest BCUT2D eigenvalue weighted by Gasteiger charge is -2.26. The zero-order valence-electron chi connectivity index (χ0n) is 12.9. The summed E-state index contributed by atoms with van der Waals surface area (Å²) in [5.74, 6) is 0.438. The molecule has 0 spiro atoms. The first kappa shape index (κ1) is 17.1. The van der Waals surface area contributed by atoms with Gasteiger partial charge in [-0.1, -0.05) is 26.0 Å². The van der Waals surface area contributed by atoms with Crippen LogP contribution in [-0.2, 0) is 16.6 Å². The van der Waals surface area contributed by atoms with Crippen LogP contribution in [0.4, 0.5) is 0 Å². The van der Waals surface area contributed by atoms with Gasteiger partial charge < -0.3 is 5.11 Å². The van der Waals surface area contributed by atoms with Crippen LogP contribution in [0.1, 0.15) is 38.3 Å². The monoisotopic (exact) mass is 299 g/mol. The molecule has 0 aliphatic heterocycles. The third-order valence-corrected chi connectivity index (χ3v) is 5.77. The SMILES string of the molecule is Cc1c(CO)cccc1S(=O)(=O)N(C)C(C)CC(C)C. The van der Waals surface area contributed by atoms with E-state index in [-0.39, 0.29) is 17.5 Å². The molecule has 0 aromatic heterocycles. The molecule has 1 unspecified atom stereocenters. The summed E-state index contributed by atoms with van der Waals surface area (Å²) in [6.45, 7) is 7.66. The van der Waals surface area contributed by atoms with E-state index in [0.29, 0.717) is 17.0 Å². The summed E-state index contributed by atoms with van der Waals surface area (Å²) in [4.78, 5) is 0.280. The molecule has 0 heterocycles. The van der Waals surface area contributed by atoms with E-state index >= 15 is 0 Å². The molecular weight excluding hydrogens is 274 g/mol. The lowest BCUT2D eigenvalue weighted by Crippen LogP contribution is -2.36. The van der Waals surface area contributed by atoms with Crippen molar-refractivity contribution >= 4 is 10.0 Å². The van der Waals surface area contributed by atoms with Gasteiger partial charge in [-0.05, 0) is 43.4 Å². The summed E-state index contributed by atoms with van der Waals surface area (Å²) in [6.07, 6.45) is 0.814. The molecule has 1 N–H and O–H groups in total. The first-order valence-corrected chi connectivity index (χ1v) is 8.33. The van der Waals surface area contributed by atoms with E-state index in [1.54, 1.807) is 32.2 Å². The molecular formula is C15H25NO3S. The first-order chi connectivity index (χ1) is 9.21. The van der Waals surface area contributed by atoms with Crippen molar-refractivity contribution in [2.75, 3.05) is 7.05 Å². The van der Waals surface area contributed by atoms with Gasteiger partial charge in [0.2, 0.25) is 10.0 Å². The molecule has 1 atom stereocenters. The summed E-state index contributed by atoms with van der Waals surface area (Å²) in [7, 11) is -1.91. The quantitative estimate of drug-likeness (QED) is 0.878. The van der Waals surface area contributed by atoms with E-state index < -0.39 is 10.0 Å². The van der Waals surface area contributed by atoms with Crippen LogP contribution < -0.4 is 0 Å². The first-order valence-electron chi connectivity index (χ1n) is 6.89. The number of sulfonamides is 1. The molecule has 0 amide bonds. The maximum Gasteiger partial charge on any atom is 0.243 e. The van der Waals surface area contributed by atoms with E-state index in [1.807, 2.05) is 6.92 Å². The van der Waals surface area contributed by atoms with E-state index in [4.69, 9.17) is 0 Å². The Hall–Kier alpha value is -0.910. The zero-order valence-corrected chi connectivity index (χ0v) is 13.7. The van der Waals surface area contributed by atoms with Crippen molar-refractivity contribution < 1.29 is 13.5 Å². The summed E-state index contributed by atoms with van der Waals surface area (Å²) in [5, 5.41) is 9.27. The summed E-state index contributed by atoms with van der Waals surface area (Å²) < 4.78 is 26.8. The maximum atomic E-state index is 12.7. The van der Waals surface area contributed by atoms with Crippen LogP contribution >= 0.6 is 0 Å². The lowest BCUT2D eigenvalue weighted by atomic mass is 10.1. The van der Waals surface area contributed by atoms with Gasteiger partial charge in [0, 0.05) is 13.1 Å². The van der Waals surface area contributed by atoms with Gasteiger partial charge in [-0.2, -0.15) is 4.31 Å². The normalized spacial score (nSPS) is 14.0. The Labute approximate surface area is 122 Å². The van der Waals surface area contributed by atoms with Crippen molar-refractivity contribution in [1.29, 1.82) is 0 Å². The largest absolute Gasteiger partial charge is 0.392 e. The minimum atomic E-state index is -3.52. The van der Waals surface area contributed by atoms with Crippen molar-refractivity contribution in [2.24, 2.45) is 5.92 Å². The Morgan fingerprint density at radius 2 is 1.85 bits per heavy atom. The van der Waals surface area contributed by atoms with E-state index in [1.165, 1.54) is 4.31 Å². The number of hydrogen-bond acceptors (Lipinski definition) is 3. The number of benzene rings is 1. The van der Waals surface area contributed by atoms with Gasteiger partial charge in [0.25, 0.3) is 0 Å². The minimum absolute atomic E-state index is 0.0582. The van der Waals surface area contributed by atoms with Crippen molar-refractivity contribution in [3.63, 3.8) is 0 Å². The average molecular weight is 299 g/mol. The van der Waals surface area contributed by atoms with Gasteiger partial charge in [0.1, 0.15) is 0 Å². The Kier molecular flexibility index (Phi) is 5.74. The fourth-order valence-electron chi connectivity index (χ4n) is 2.33. The number of hydrogen-bond donors (Lipinski definition) is 1. The number of rotatable bonds is 6. The summed E-state index contributed by atoms with van der Waals surface area (Å²) in [5.41, 5.74) is 1.27. The second-order valence-electron chi connectivity index (χ2n) is 5.70. The number of nitrogens with zero attached hydrogens (tertiary/aromatic N) is 1. The van der Waals surface area contributed by atoms with Crippen LogP contribution in [0.3, 0.4) is 0 Å². The van der Waals surface area contributed by atoms with Crippen molar-refractivity contribution in [1.82, 2.24) is 4.31 Å². The Balaban J connectivity index is 3.17. The molecule has 114 valence electrons. The minimum Gasteiger partial charge on any atom is -0.392 e. The highest BCUT2D eigenvalue weighted by Gasteiger charge is 2.27. The highest BCUT2D eigenvalue weighted by molar-refractivity contribution is 7.89. The lowest BCUT2D eigenvalue weighted by molar-refractivity contribution is 0.280. The third-order valence-electron chi connectivity index (χ3n) is 3.66. The van der Waals surface area contributed by atoms with E-state index in [0.717, 1.165) is 6.42 Å². The van der Waals surface area contributed by atoms with Crippen LogP contribution in [0, 0.1) is 12.8 Å². The molecule has 0 aliphatic rings. The molecule has 0 saturated heterocycles. The van der Waals surface area contributed by atoms with Gasteiger partial charge in [-0.25, -0.2) is 8.42 Å². The summed E-state index contributed by atoms with van der Waals surface area (Å²) >= 11 is 0. The van der Waals surface area contributed by atoms with Crippen LogP contribution in [0.5, 0.6) is 0 Å². The van der Waals surface area contributed by atoms with Gasteiger partial charge >= 0.3 is 0 Å². The molecule has 1 rings (SSSR count). The topological polar surface area (TPSA) is 57.6 Å². The molecule has 1 aromatic rings. The molecule has 0 fully saturated rings. The highest BCUT2D eigenvalue weighted by atomic mass is 32.2. The van der Waals surface area contributed by atoms with Crippen molar-refractivity contribution in [3.05, 3.63) is 29.3 Å². The fraction of sp³-hybridized carbons (Fsp3) is 0.600. The summed E-state index contributed by atoms with van der Waals surface area (Å²) in [6, 6.07) is 4.96. The molecule has 20 heavy (non-hydrogen) atoms. The number of aliphatic hydroxyl groups is 1. The molecule has 0 radical (unpaired) electrons. The van der Waals surface area contributed by atoms with E-state index in [2.05, 4.69) is 13.8 Å². The Morgan fingerprint density at radius 1 is 1.25 bits per heavy atom. The molecule has 1 aromatic carbocycles. The van der Waals surface area contributed by atoms with Crippen molar-refractivity contribution in [3.8, 4) is 0 Å². The third kappa shape index (κ3) is 3.59. The second kappa shape index (κ2) is 6.70. The fourth-order valence-corrected chi connectivity index (χ4v) is 3.97. The Morgan fingerprint density at radius 3 is 2.35 bits per heavy atom. The van der Waals surface area contributed by atoms with Gasteiger partial charge in [-0.3, -0.25) is 0 Å². The standard InChI is InChI=1S/C15H25NO3S/c1-11(2)9-12(3)16(5)20(18,19)15-8-6-7-14(10-17)13(15)4/h6-8,11-12,17H,9-10H2,1-5H3. The van der Waals surface area contributed by atoms with Crippen LogP contribution in [-0.4, -0.2) is 30.9 Å². The zero-order chi connectivity index (χ0) is 15.5. The molecule has 4 nitrogen and oxygen atoms in total.